The summed E-state index contributed by atoms with van der Waals surface area (Å²) in [4.78, 5) is 5.76. The molecule has 4 saturated heterocycles. The molecule has 31 heavy (non-hydrogen) atoms. The Bertz CT molecular complexity index is 1160. The Hall–Kier alpha value is -2.09. The monoisotopic (exact) mass is 436 g/mol. The van der Waals surface area contributed by atoms with Gasteiger partial charge in [0.1, 0.15) is 0 Å². The van der Waals surface area contributed by atoms with Crippen LogP contribution < -0.4 is 20.4 Å². The molecule has 0 amide bonds. The van der Waals surface area contributed by atoms with Crippen molar-refractivity contribution in [2.24, 2.45) is 23.7 Å². The van der Waals surface area contributed by atoms with Gasteiger partial charge in [0.15, 0.2) is 0 Å². The number of rotatable bonds is 2. The summed E-state index contributed by atoms with van der Waals surface area (Å²) in [5.41, 5.74) is 3.93. The number of hydrogen-bond donors (Lipinski definition) is 2. The molecular formula is C24H28N4O2S. The Morgan fingerprint density at radius 3 is 1.74 bits per heavy atom. The predicted molar refractivity (Wildman–Crippen MR) is 121 cm³/mol. The molecule has 0 aliphatic carbocycles. The van der Waals surface area contributed by atoms with E-state index in [1.807, 2.05) is 24.3 Å². The fourth-order valence-electron chi connectivity index (χ4n) is 6.56. The van der Waals surface area contributed by atoms with Gasteiger partial charge in [0.25, 0.3) is 0 Å². The highest BCUT2D eigenvalue weighted by Crippen LogP contribution is 2.47. The molecule has 4 atom stereocenters. The summed E-state index contributed by atoms with van der Waals surface area (Å²) < 4.78 is 26.8. The second-order valence-electron chi connectivity index (χ2n) is 10.0. The maximum Gasteiger partial charge on any atom is 0.207 e. The molecule has 7 heteroatoms. The van der Waals surface area contributed by atoms with Crippen LogP contribution in [0.3, 0.4) is 0 Å². The Morgan fingerprint density at radius 2 is 1.16 bits per heavy atom. The van der Waals surface area contributed by atoms with Crippen molar-refractivity contribution in [3.05, 3.63) is 36.4 Å². The van der Waals surface area contributed by atoms with Crippen molar-refractivity contribution < 1.29 is 8.42 Å². The zero-order chi connectivity index (χ0) is 20.7. The summed E-state index contributed by atoms with van der Waals surface area (Å²) in [6.45, 7) is 8.49. The molecule has 2 aromatic rings. The van der Waals surface area contributed by atoms with Gasteiger partial charge in [-0.05, 0) is 54.0 Å². The summed E-state index contributed by atoms with van der Waals surface area (Å²) in [5.74, 6) is 2.78. The molecule has 0 bridgehead atoms. The van der Waals surface area contributed by atoms with Crippen molar-refractivity contribution in [1.82, 2.24) is 10.6 Å². The van der Waals surface area contributed by atoms with Gasteiger partial charge in [-0.15, -0.1) is 0 Å². The smallest absolute Gasteiger partial charge is 0.207 e. The van der Waals surface area contributed by atoms with Gasteiger partial charge in [0.05, 0.1) is 9.79 Å². The van der Waals surface area contributed by atoms with Crippen LogP contribution in [0.25, 0.3) is 11.1 Å². The molecule has 162 valence electrons. The zero-order valence-electron chi connectivity index (χ0n) is 17.5. The summed E-state index contributed by atoms with van der Waals surface area (Å²) >= 11 is 0. The molecule has 0 radical (unpaired) electrons. The van der Waals surface area contributed by atoms with E-state index < -0.39 is 9.84 Å². The molecule has 7 rings (SSSR count). The van der Waals surface area contributed by atoms with Gasteiger partial charge in [-0.3, -0.25) is 0 Å². The zero-order valence-corrected chi connectivity index (χ0v) is 18.4. The first-order valence-electron chi connectivity index (χ1n) is 11.5. The molecule has 4 fully saturated rings. The summed E-state index contributed by atoms with van der Waals surface area (Å²) in [6, 6.07) is 12.0. The normalized spacial score (nSPS) is 32.3. The van der Waals surface area contributed by atoms with Gasteiger partial charge in [-0.25, -0.2) is 8.42 Å². The highest BCUT2D eigenvalue weighted by atomic mass is 32.2. The van der Waals surface area contributed by atoms with Gasteiger partial charge in [0, 0.05) is 74.9 Å². The first kappa shape index (κ1) is 18.5. The lowest BCUT2D eigenvalue weighted by atomic mass is 10.0. The average molecular weight is 437 g/mol. The molecule has 2 N–H and O–H groups in total. The second kappa shape index (κ2) is 6.47. The highest BCUT2D eigenvalue weighted by molar-refractivity contribution is 7.92. The van der Waals surface area contributed by atoms with Gasteiger partial charge < -0.3 is 20.4 Å². The fraction of sp³-hybridized carbons (Fsp3) is 0.500. The van der Waals surface area contributed by atoms with E-state index in [0.717, 1.165) is 74.9 Å². The average Bonchev–Trinajstić information content (AvgIpc) is 3.54. The van der Waals surface area contributed by atoms with Crippen molar-refractivity contribution in [2.45, 2.75) is 9.79 Å². The molecular weight excluding hydrogens is 408 g/mol. The number of anilines is 2. The fourth-order valence-corrected chi connectivity index (χ4v) is 8.25. The molecule has 5 heterocycles. The SMILES string of the molecule is O=S1(=O)c2ccc(N3CC4CNCC4C3)cc2-c2ccc(N3CC4CNCC4C3)cc21. The summed E-state index contributed by atoms with van der Waals surface area (Å²) in [7, 11) is -3.46. The molecule has 0 spiro atoms. The standard InChI is InChI=1S/C24H28N4O2S/c29-31(30)23-4-2-19(27-11-15-7-25-8-16(15)12-27)5-22(23)21-3-1-20(6-24(21)31)28-13-17-9-26-10-18(17)14-28/h1-6,15-18,25-26H,7-14H2. The van der Waals surface area contributed by atoms with Crippen LogP contribution in [-0.4, -0.2) is 60.8 Å². The van der Waals surface area contributed by atoms with E-state index in [9.17, 15) is 8.42 Å². The van der Waals surface area contributed by atoms with Crippen LogP contribution in [0.2, 0.25) is 0 Å². The van der Waals surface area contributed by atoms with Crippen LogP contribution in [0, 0.1) is 23.7 Å². The number of sulfone groups is 1. The molecule has 5 aliphatic rings. The van der Waals surface area contributed by atoms with E-state index in [1.54, 1.807) is 0 Å². The number of benzene rings is 2. The number of nitrogens with one attached hydrogen (secondary N) is 2. The summed E-state index contributed by atoms with van der Waals surface area (Å²) in [5, 5.41) is 6.96. The number of hydrogen-bond acceptors (Lipinski definition) is 6. The topological polar surface area (TPSA) is 64.7 Å². The third kappa shape index (κ3) is 2.66. The van der Waals surface area contributed by atoms with E-state index in [2.05, 4.69) is 32.6 Å². The van der Waals surface area contributed by atoms with Crippen LogP contribution in [0.4, 0.5) is 11.4 Å². The van der Waals surface area contributed by atoms with E-state index >= 15 is 0 Å². The Morgan fingerprint density at radius 1 is 0.645 bits per heavy atom. The first-order chi connectivity index (χ1) is 15.1. The predicted octanol–water partition coefficient (Wildman–Crippen LogP) is 1.81. The van der Waals surface area contributed by atoms with Gasteiger partial charge in [0.2, 0.25) is 9.84 Å². The van der Waals surface area contributed by atoms with Crippen LogP contribution in [0.1, 0.15) is 0 Å². The van der Waals surface area contributed by atoms with Gasteiger partial charge in [-0.1, -0.05) is 6.07 Å². The van der Waals surface area contributed by atoms with Crippen molar-refractivity contribution in [3.63, 3.8) is 0 Å². The third-order valence-corrected chi connectivity index (χ3v) is 10.2. The van der Waals surface area contributed by atoms with Crippen molar-refractivity contribution in [2.75, 3.05) is 62.2 Å². The number of fused-ring (bicyclic) bond motifs is 5. The van der Waals surface area contributed by atoms with Gasteiger partial charge in [-0.2, -0.15) is 0 Å². The third-order valence-electron chi connectivity index (χ3n) is 8.31. The van der Waals surface area contributed by atoms with Crippen LogP contribution in [0.15, 0.2) is 46.2 Å². The lowest BCUT2D eigenvalue weighted by Crippen LogP contribution is -2.25. The Labute approximate surface area is 183 Å². The minimum Gasteiger partial charge on any atom is -0.371 e. The lowest BCUT2D eigenvalue weighted by molar-refractivity contribution is 0.533. The Kier molecular flexibility index (Phi) is 3.85. The molecule has 4 unspecified atom stereocenters. The van der Waals surface area contributed by atoms with Gasteiger partial charge >= 0.3 is 0 Å². The first-order valence-corrected chi connectivity index (χ1v) is 13.0. The van der Waals surface area contributed by atoms with Crippen LogP contribution >= 0.6 is 0 Å². The second-order valence-corrected chi connectivity index (χ2v) is 11.9. The van der Waals surface area contributed by atoms with Crippen molar-refractivity contribution in [1.29, 1.82) is 0 Å². The number of nitrogens with zero attached hydrogens (tertiary/aromatic N) is 2. The van der Waals surface area contributed by atoms with E-state index in [1.165, 1.54) is 0 Å². The minimum atomic E-state index is -3.46. The van der Waals surface area contributed by atoms with Crippen molar-refractivity contribution >= 4 is 21.2 Å². The maximum atomic E-state index is 13.4. The van der Waals surface area contributed by atoms with E-state index in [-0.39, 0.29) is 0 Å². The molecule has 0 aromatic heterocycles. The van der Waals surface area contributed by atoms with Crippen LogP contribution in [-0.2, 0) is 9.84 Å². The minimum absolute atomic E-state index is 0.465. The van der Waals surface area contributed by atoms with Crippen molar-refractivity contribution in [3.8, 4) is 11.1 Å². The summed E-state index contributed by atoms with van der Waals surface area (Å²) in [6.07, 6.45) is 0. The maximum absolute atomic E-state index is 13.4. The van der Waals surface area contributed by atoms with E-state index in [0.29, 0.717) is 33.5 Å². The molecule has 5 aliphatic heterocycles. The Balaban J connectivity index is 1.23. The largest absolute Gasteiger partial charge is 0.371 e. The van der Waals surface area contributed by atoms with E-state index in [4.69, 9.17) is 0 Å². The quantitative estimate of drug-likeness (QED) is 0.639. The molecule has 0 saturated carbocycles. The van der Waals surface area contributed by atoms with Crippen LogP contribution in [0.5, 0.6) is 0 Å². The lowest BCUT2D eigenvalue weighted by Gasteiger charge is -2.21. The molecule has 2 aromatic carbocycles. The molecule has 6 nitrogen and oxygen atoms in total. The highest BCUT2D eigenvalue weighted by Gasteiger charge is 2.39.